The number of benzene rings is 2. The molecular formula is C21H26ClN3O2. The number of halogens is 1. The van der Waals surface area contributed by atoms with E-state index in [4.69, 9.17) is 5.73 Å². The highest BCUT2D eigenvalue weighted by molar-refractivity contribution is 5.94. The van der Waals surface area contributed by atoms with Crippen molar-refractivity contribution in [2.45, 2.75) is 31.3 Å². The lowest BCUT2D eigenvalue weighted by Crippen LogP contribution is -2.43. The quantitative estimate of drug-likeness (QED) is 0.651. The minimum Gasteiger partial charge on any atom is -0.352 e. The number of hydrogen-bond acceptors (Lipinski definition) is 3. The minimum absolute atomic E-state index is 0. The summed E-state index contributed by atoms with van der Waals surface area (Å²) in [6.07, 6.45) is 2.43. The molecule has 4 N–H and O–H groups in total. The van der Waals surface area contributed by atoms with E-state index >= 15 is 0 Å². The van der Waals surface area contributed by atoms with Gasteiger partial charge in [0.05, 0.1) is 12.5 Å². The van der Waals surface area contributed by atoms with Gasteiger partial charge in [-0.15, -0.1) is 12.4 Å². The van der Waals surface area contributed by atoms with Crippen LogP contribution < -0.4 is 16.4 Å². The summed E-state index contributed by atoms with van der Waals surface area (Å²) in [5, 5.41) is 6.01. The van der Waals surface area contributed by atoms with Crippen molar-refractivity contribution >= 4 is 24.2 Å². The van der Waals surface area contributed by atoms with Crippen LogP contribution in [0.5, 0.6) is 0 Å². The maximum atomic E-state index is 12.5. The van der Waals surface area contributed by atoms with Crippen molar-refractivity contribution in [3.05, 3.63) is 71.8 Å². The van der Waals surface area contributed by atoms with Crippen LogP contribution in [-0.2, 0) is 4.79 Å². The number of hydrogen-bond donors (Lipinski definition) is 3. The van der Waals surface area contributed by atoms with Crippen LogP contribution in [-0.4, -0.2) is 24.4 Å². The van der Waals surface area contributed by atoms with E-state index in [1.54, 1.807) is 12.1 Å². The van der Waals surface area contributed by atoms with E-state index in [2.05, 4.69) is 10.6 Å². The second-order valence-corrected chi connectivity index (χ2v) is 6.75. The van der Waals surface area contributed by atoms with Gasteiger partial charge in [-0.3, -0.25) is 9.59 Å². The van der Waals surface area contributed by atoms with Crippen molar-refractivity contribution in [1.82, 2.24) is 10.6 Å². The van der Waals surface area contributed by atoms with E-state index in [0.29, 0.717) is 18.0 Å². The third-order valence-electron chi connectivity index (χ3n) is 4.72. The Labute approximate surface area is 166 Å². The number of nitrogens with two attached hydrogens (primary N) is 1. The van der Waals surface area contributed by atoms with Gasteiger partial charge >= 0.3 is 0 Å². The van der Waals surface area contributed by atoms with E-state index in [0.717, 1.165) is 18.4 Å². The molecule has 2 aromatic carbocycles. The largest absolute Gasteiger partial charge is 0.352 e. The third-order valence-corrected chi connectivity index (χ3v) is 4.72. The molecule has 27 heavy (non-hydrogen) atoms. The highest BCUT2D eigenvalue weighted by atomic mass is 35.5. The fraction of sp³-hybridized carbons (Fsp3) is 0.333. The van der Waals surface area contributed by atoms with Gasteiger partial charge in [-0.25, -0.2) is 0 Å². The van der Waals surface area contributed by atoms with Gasteiger partial charge in [-0.2, -0.15) is 0 Å². The predicted molar refractivity (Wildman–Crippen MR) is 109 cm³/mol. The van der Waals surface area contributed by atoms with Crippen molar-refractivity contribution in [1.29, 1.82) is 0 Å². The van der Waals surface area contributed by atoms with E-state index in [1.165, 1.54) is 0 Å². The molecule has 0 aromatic heterocycles. The van der Waals surface area contributed by atoms with Crippen LogP contribution in [0.4, 0.5) is 0 Å². The average molecular weight is 388 g/mol. The van der Waals surface area contributed by atoms with Crippen LogP contribution in [0.15, 0.2) is 60.7 Å². The monoisotopic (exact) mass is 387 g/mol. The van der Waals surface area contributed by atoms with Crippen molar-refractivity contribution in [3.63, 3.8) is 0 Å². The fourth-order valence-corrected chi connectivity index (χ4v) is 3.09. The summed E-state index contributed by atoms with van der Waals surface area (Å²) in [5.41, 5.74) is 7.26. The Hall–Kier alpha value is -2.37. The summed E-state index contributed by atoms with van der Waals surface area (Å²) in [7, 11) is 0. The summed E-state index contributed by atoms with van der Waals surface area (Å²) in [5.74, 6) is 0.220. The SMILES string of the molecule is Cl.NCC(NC(=O)CC(NC(=O)c1ccccc1)c1ccccc1)C1CC1. The van der Waals surface area contributed by atoms with Gasteiger partial charge in [-0.05, 0) is 36.5 Å². The molecule has 1 saturated carbocycles. The zero-order chi connectivity index (χ0) is 18.4. The van der Waals surface area contributed by atoms with Gasteiger partial charge in [0.25, 0.3) is 5.91 Å². The Morgan fingerprint density at radius 3 is 2.11 bits per heavy atom. The van der Waals surface area contributed by atoms with Gasteiger partial charge in [0.2, 0.25) is 5.91 Å². The standard InChI is InChI=1S/C21H25N3O2.ClH/c22-14-19(16-11-12-16)23-20(25)13-18(15-7-3-1-4-8-15)24-21(26)17-9-5-2-6-10-17;/h1-10,16,18-19H,11-14,22H2,(H,23,25)(H,24,26);1H. The Balaban J connectivity index is 0.00000261. The zero-order valence-corrected chi connectivity index (χ0v) is 16.0. The van der Waals surface area contributed by atoms with Crippen molar-refractivity contribution in [2.24, 2.45) is 11.7 Å². The lowest BCUT2D eigenvalue weighted by molar-refractivity contribution is -0.122. The van der Waals surface area contributed by atoms with Gasteiger partial charge < -0.3 is 16.4 Å². The molecule has 1 aliphatic rings. The second kappa shape index (κ2) is 10.1. The highest BCUT2D eigenvalue weighted by Gasteiger charge is 2.31. The second-order valence-electron chi connectivity index (χ2n) is 6.75. The summed E-state index contributed by atoms with van der Waals surface area (Å²) >= 11 is 0. The molecule has 0 aliphatic heterocycles. The van der Waals surface area contributed by atoms with Gasteiger partial charge in [0, 0.05) is 18.2 Å². The highest BCUT2D eigenvalue weighted by Crippen LogP contribution is 2.32. The van der Waals surface area contributed by atoms with Gasteiger partial charge in [0.1, 0.15) is 0 Å². The Bertz CT molecular complexity index is 736. The molecule has 2 amide bonds. The smallest absolute Gasteiger partial charge is 0.251 e. The van der Waals surface area contributed by atoms with Crippen LogP contribution >= 0.6 is 12.4 Å². The molecular weight excluding hydrogens is 362 g/mol. The van der Waals surface area contributed by atoms with E-state index in [-0.39, 0.29) is 42.7 Å². The third kappa shape index (κ3) is 6.08. The molecule has 6 heteroatoms. The zero-order valence-electron chi connectivity index (χ0n) is 15.1. The van der Waals surface area contributed by atoms with Gasteiger partial charge in [0.15, 0.2) is 0 Å². The molecule has 2 aromatic rings. The summed E-state index contributed by atoms with van der Waals surface area (Å²) < 4.78 is 0. The van der Waals surface area contributed by atoms with Crippen molar-refractivity contribution in [2.75, 3.05) is 6.54 Å². The topological polar surface area (TPSA) is 84.2 Å². The van der Waals surface area contributed by atoms with E-state index in [9.17, 15) is 9.59 Å². The van der Waals surface area contributed by atoms with Crippen molar-refractivity contribution < 1.29 is 9.59 Å². The number of amides is 2. The molecule has 1 aliphatic carbocycles. The number of carbonyl (C=O) groups is 2. The minimum atomic E-state index is -0.387. The van der Waals surface area contributed by atoms with Crippen LogP contribution in [0.3, 0.4) is 0 Å². The first-order valence-corrected chi connectivity index (χ1v) is 9.07. The molecule has 0 spiro atoms. The summed E-state index contributed by atoms with van der Waals surface area (Å²) in [6, 6.07) is 18.2. The Morgan fingerprint density at radius 2 is 1.56 bits per heavy atom. The molecule has 5 nitrogen and oxygen atoms in total. The molecule has 1 fully saturated rings. The van der Waals surface area contributed by atoms with Crippen molar-refractivity contribution in [3.8, 4) is 0 Å². The molecule has 0 radical (unpaired) electrons. The Morgan fingerprint density at radius 1 is 0.963 bits per heavy atom. The normalized spacial score (nSPS) is 15.1. The molecule has 2 atom stereocenters. The summed E-state index contributed by atoms with van der Waals surface area (Å²) in [4.78, 5) is 25.1. The molecule has 0 saturated heterocycles. The maximum Gasteiger partial charge on any atom is 0.251 e. The van der Waals surface area contributed by atoms with Gasteiger partial charge in [-0.1, -0.05) is 48.5 Å². The lowest BCUT2D eigenvalue weighted by Gasteiger charge is -2.21. The molecule has 2 unspecified atom stereocenters. The van der Waals surface area contributed by atoms with E-state index in [1.807, 2.05) is 48.5 Å². The molecule has 144 valence electrons. The first-order valence-electron chi connectivity index (χ1n) is 9.07. The Kier molecular flexibility index (Phi) is 7.82. The fourth-order valence-electron chi connectivity index (χ4n) is 3.09. The average Bonchev–Trinajstić information content (AvgIpc) is 3.52. The predicted octanol–water partition coefficient (Wildman–Crippen LogP) is 2.82. The number of rotatable bonds is 8. The van der Waals surface area contributed by atoms with Crippen LogP contribution in [0.25, 0.3) is 0 Å². The van der Waals surface area contributed by atoms with Crippen LogP contribution in [0, 0.1) is 5.92 Å². The van der Waals surface area contributed by atoms with Crippen LogP contribution in [0.2, 0.25) is 0 Å². The maximum absolute atomic E-state index is 12.5. The molecule has 0 heterocycles. The first-order chi connectivity index (χ1) is 12.7. The molecule has 3 rings (SSSR count). The van der Waals surface area contributed by atoms with Crippen LogP contribution in [0.1, 0.15) is 41.2 Å². The number of carbonyl (C=O) groups excluding carboxylic acids is 2. The first kappa shape index (κ1) is 20.9. The summed E-state index contributed by atoms with van der Waals surface area (Å²) in [6.45, 7) is 0.447. The molecule has 0 bridgehead atoms. The lowest BCUT2D eigenvalue weighted by atomic mass is 10.0. The number of nitrogens with one attached hydrogen (secondary N) is 2. The van der Waals surface area contributed by atoms with E-state index < -0.39 is 0 Å².